The first-order chi connectivity index (χ1) is 10.6. The van der Waals surface area contributed by atoms with Crippen LogP contribution in [0, 0.1) is 10.1 Å². The van der Waals surface area contributed by atoms with Crippen molar-refractivity contribution in [3.63, 3.8) is 0 Å². The fraction of sp³-hybridized carbons (Fsp3) is 0. The van der Waals surface area contributed by atoms with Crippen LogP contribution < -0.4 is 5.63 Å². The van der Waals surface area contributed by atoms with Gasteiger partial charge in [-0.25, -0.2) is 9.78 Å². The Bertz CT molecular complexity index is 1130. The molecule has 0 spiro atoms. The first-order valence-corrected chi connectivity index (χ1v) is 6.55. The number of non-ortho nitro benzene ring substituents is 1. The lowest BCUT2D eigenvalue weighted by Gasteiger charge is -2.04. The first kappa shape index (κ1) is 12.5. The van der Waals surface area contributed by atoms with Crippen molar-refractivity contribution in [2.45, 2.75) is 0 Å². The van der Waals surface area contributed by atoms with E-state index in [0.717, 1.165) is 0 Å². The van der Waals surface area contributed by atoms with E-state index in [4.69, 9.17) is 4.42 Å². The summed E-state index contributed by atoms with van der Waals surface area (Å²) in [6, 6.07) is 13.2. The van der Waals surface area contributed by atoms with Crippen LogP contribution in [0.15, 0.2) is 57.7 Å². The van der Waals surface area contributed by atoms with Crippen molar-refractivity contribution >= 4 is 38.5 Å². The summed E-state index contributed by atoms with van der Waals surface area (Å²) in [5, 5.41) is 12.7. The van der Waals surface area contributed by atoms with Crippen molar-refractivity contribution in [2.75, 3.05) is 0 Å². The molecule has 6 heteroatoms. The van der Waals surface area contributed by atoms with Crippen LogP contribution in [0.3, 0.4) is 0 Å². The van der Waals surface area contributed by atoms with Crippen LogP contribution in [0.1, 0.15) is 0 Å². The van der Waals surface area contributed by atoms with Crippen molar-refractivity contribution in [1.82, 2.24) is 4.98 Å². The molecule has 0 saturated heterocycles. The van der Waals surface area contributed by atoms with Crippen molar-refractivity contribution in [2.24, 2.45) is 0 Å². The first-order valence-electron chi connectivity index (χ1n) is 6.55. The second-order valence-electron chi connectivity index (χ2n) is 4.88. The Balaban J connectivity index is 2.29. The molecule has 0 N–H and O–H groups in total. The normalized spacial score (nSPS) is 11.3. The molecule has 0 amide bonds. The molecular weight excluding hydrogens is 284 g/mol. The Kier molecular flexibility index (Phi) is 2.47. The van der Waals surface area contributed by atoms with E-state index < -0.39 is 10.5 Å². The van der Waals surface area contributed by atoms with Gasteiger partial charge >= 0.3 is 5.63 Å². The predicted octanol–water partition coefficient (Wildman–Crippen LogP) is 3.40. The van der Waals surface area contributed by atoms with E-state index in [1.54, 1.807) is 42.5 Å². The van der Waals surface area contributed by atoms with Gasteiger partial charge in [-0.3, -0.25) is 10.1 Å². The number of benzene rings is 2. The average molecular weight is 292 g/mol. The van der Waals surface area contributed by atoms with E-state index in [0.29, 0.717) is 27.3 Å². The number of nitrogens with zero attached hydrogens (tertiary/aromatic N) is 2. The van der Waals surface area contributed by atoms with Crippen LogP contribution in [0.5, 0.6) is 0 Å². The van der Waals surface area contributed by atoms with Crippen molar-refractivity contribution < 1.29 is 9.34 Å². The summed E-state index contributed by atoms with van der Waals surface area (Å²) in [7, 11) is 0. The van der Waals surface area contributed by atoms with Crippen molar-refractivity contribution in [3.05, 3.63) is 69.1 Å². The van der Waals surface area contributed by atoms with Gasteiger partial charge in [-0.1, -0.05) is 24.3 Å². The lowest BCUT2D eigenvalue weighted by molar-refractivity contribution is -0.383. The number of nitro benzene ring substituents is 1. The van der Waals surface area contributed by atoms with Gasteiger partial charge in [-0.15, -0.1) is 0 Å². The Morgan fingerprint density at radius 1 is 1.00 bits per heavy atom. The van der Waals surface area contributed by atoms with Gasteiger partial charge < -0.3 is 4.42 Å². The topological polar surface area (TPSA) is 86.2 Å². The van der Waals surface area contributed by atoms with Crippen molar-refractivity contribution in [1.29, 1.82) is 0 Å². The molecular formula is C16H8N2O4. The Morgan fingerprint density at radius 3 is 2.64 bits per heavy atom. The fourth-order valence-corrected chi connectivity index (χ4v) is 2.60. The van der Waals surface area contributed by atoms with Gasteiger partial charge in [-0.2, -0.15) is 0 Å². The molecule has 0 fully saturated rings. The molecule has 0 radical (unpaired) electrons. The monoisotopic (exact) mass is 292 g/mol. The maximum Gasteiger partial charge on any atom is 0.345 e. The number of hydrogen-bond acceptors (Lipinski definition) is 5. The number of fused-ring (bicyclic) bond motifs is 4. The maximum absolute atomic E-state index is 12.1. The second kappa shape index (κ2) is 4.36. The summed E-state index contributed by atoms with van der Waals surface area (Å²) >= 11 is 0. The molecule has 2 aromatic carbocycles. The van der Waals surface area contributed by atoms with Gasteiger partial charge in [0.15, 0.2) is 0 Å². The van der Waals surface area contributed by atoms with Crippen LogP contribution in [-0.2, 0) is 0 Å². The molecule has 22 heavy (non-hydrogen) atoms. The van der Waals surface area contributed by atoms with Gasteiger partial charge in [-0.05, 0) is 18.2 Å². The molecule has 0 saturated carbocycles. The predicted molar refractivity (Wildman–Crippen MR) is 81.9 cm³/mol. The molecule has 0 bridgehead atoms. The average Bonchev–Trinajstić information content (AvgIpc) is 2.53. The smallest absolute Gasteiger partial charge is 0.345 e. The van der Waals surface area contributed by atoms with Crippen molar-refractivity contribution in [3.8, 4) is 0 Å². The van der Waals surface area contributed by atoms with Crippen LogP contribution >= 0.6 is 0 Å². The third-order valence-corrected chi connectivity index (χ3v) is 3.59. The minimum atomic E-state index is -0.505. The fourth-order valence-electron chi connectivity index (χ4n) is 2.60. The molecule has 0 unspecified atom stereocenters. The standard InChI is InChI=1S/C16H8N2O4/c19-16-11-8-9-4-3-6-12(18(20)21)14(9)17-15(11)10-5-1-2-7-13(10)22-16/h1-8H. The molecule has 2 heterocycles. The lowest BCUT2D eigenvalue weighted by Crippen LogP contribution is -2.02. The number of aromatic nitrogens is 1. The highest BCUT2D eigenvalue weighted by Crippen LogP contribution is 2.28. The van der Waals surface area contributed by atoms with E-state index in [9.17, 15) is 14.9 Å². The van der Waals surface area contributed by atoms with Crippen LogP contribution in [-0.4, -0.2) is 9.91 Å². The quantitative estimate of drug-likeness (QED) is 0.176. The van der Waals surface area contributed by atoms with Crippen LogP contribution in [0.2, 0.25) is 0 Å². The van der Waals surface area contributed by atoms with E-state index in [-0.39, 0.29) is 11.2 Å². The summed E-state index contributed by atoms with van der Waals surface area (Å²) in [4.78, 5) is 27.2. The van der Waals surface area contributed by atoms with E-state index in [1.807, 2.05) is 0 Å². The summed E-state index contributed by atoms with van der Waals surface area (Å²) in [5.74, 6) is 0. The van der Waals surface area contributed by atoms with Gasteiger partial charge in [0.05, 0.1) is 15.8 Å². The van der Waals surface area contributed by atoms with E-state index in [1.165, 1.54) is 6.07 Å². The zero-order valence-corrected chi connectivity index (χ0v) is 11.1. The summed E-state index contributed by atoms with van der Waals surface area (Å²) in [6.07, 6.45) is 0. The van der Waals surface area contributed by atoms with Crippen LogP contribution in [0.25, 0.3) is 32.8 Å². The third-order valence-electron chi connectivity index (χ3n) is 3.59. The summed E-state index contributed by atoms with van der Waals surface area (Å²) in [5.41, 5.74) is 0.487. The molecule has 4 rings (SSSR count). The summed E-state index contributed by atoms with van der Waals surface area (Å²) < 4.78 is 5.27. The molecule has 0 aliphatic carbocycles. The van der Waals surface area contributed by atoms with Gasteiger partial charge in [0.25, 0.3) is 5.69 Å². The highest BCUT2D eigenvalue weighted by atomic mass is 16.6. The summed E-state index contributed by atoms with van der Waals surface area (Å²) in [6.45, 7) is 0. The maximum atomic E-state index is 12.1. The van der Waals surface area contributed by atoms with Crippen LogP contribution in [0.4, 0.5) is 5.69 Å². The molecule has 4 aromatic rings. The molecule has 0 aliphatic heterocycles. The third kappa shape index (κ3) is 1.67. The van der Waals surface area contributed by atoms with E-state index >= 15 is 0 Å². The lowest BCUT2D eigenvalue weighted by atomic mass is 10.1. The highest BCUT2D eigenvalue weighted by Gasteiger charge is 2.16. The van der Waals surface area contributed by atoms with E-state index in [2.05, 4.69) is 4.98 Å². The van der Waals surface area contributed by atoms with Gasteiger partial charge in [0.2, 0.25) is 0 Å². The second-order valence-corrected chi connectivity index (χ2v) is 4.88. The zero-order chi connectivity index (χ0) is 15.3. The number of pyridine rings is 1. The minimum absolute atomic E-state index is 0.0864. The highest BCUT2D eigenvalue weighted by molar-refractivity contribution is 6.06. The molecule has 106 valence electrons. The van der Waals surface area contributed by atoms with Gasteiger partial charge in [0, 0.05) is 16.8 Å². The largest absolute Gasteiger partial charge is 0.422 e. The Morgan fingerprint density at radius 2 is 1.82 bits per heavy atom. The van der Waals surface area contributed by atoms with Gasteiger partial charge in [0.1, 0.15) is 11.1 Å². The molecule has 0 aliphatic rings. The molecule has 6 nitrogen and oxygen atoms in total. The minimum Gasteiger partial charge on any atom is -0.422 e. The Hall–Kier alpha value is -3.28. The number of nitro groups is 1. The number of rotatable bonds is 1. The zero-order valence-electron chi connectivity index (χ0n) is 11.1. The Labute approximate surface area is 122 Å². The SMILES string of the molecule is O=c1oc2ccccc2c2nc3c([N+](=O)[O-])cccc3cc12. The molecule has 2 aromatic heterocycles. The number of para-hydroxylation sites is 2. The number of hydrogen-bond donors (Lipinski definition) is 0. The molecule has 0 atom stereocenters.